The van der Waals surface area contributed by atoms with Gasteiger partial charge >= 0.3 is 29.8 Å². The SMILES string of the molecule is NCC(=O)NOCc1ccc(CNC(=O)[C@@H](CN(CCN(CC(=O)O)CC(=O)O)CC(=O)O)N(CC(=O)O)CC(=O)O)cc1. The van der Waals surface area contributed by atoms with Gasteiger partial charge in [0.2, 0.25) is 5.91 Å². The number of carboxylic acid groups (broad SMARTS) is 5. The van der Waals surface area contributed by atoms with Crippen LogP contribution in [0.4, 0.5) is 0 Å². The second kappa shape index (κ2) is 19.5. The smallest absolute Gasteiger partial charge is 0.317 e. The molecule has 0 saturated carbocycles. The van der Waals surface area contributed by atoms with Gasteiger partial charge in [-0.25, -0.2) is 5.48 Å². The van der Waals surface area contributed by atoms with Crippen molar-refractivity contribution >= 4 is 41.7 Å². The topological polar surface area (TPSA) is 290 Å². The molecule has 0 heterocycles. The molecular formula is C25H36N6O13. The lowest BCUT2D eigenvalue weighted by atomic mass is 10.1. The highest BCUT2D eigenvalue weighted by molar-refractivity contribution is 5.84. The number of carbonyl (C=O) groups is 7. The van der Waals surface area contributed by atoms with Crippen molar-refractivity contribution < 1.29 is 63.9 Å². The first kappa shape index (κ1) is 37.3. The quantitative estimate of drug-likeness (QED) is 0.0545. The summed E-state index contributed by atoms with van der Waals surface area (Å²) in [6.45, 7) is -5.12. The molecule has 244 valence electrons. The lowest BCUT2D eigenvalue weighted by molar-refractivity contribution is -0.146. The maximum absolute atomic E-state index is 13.3. The van der Waals surface area contributed by atoms with Crippen LogP contribution < -0.4 is 16.5 Å². The molecule has 1 aromatic carbocycles. The van der Waals surface area contributed by atoms with E-state index in [1.807, 2.05) is 0 Å². The van der Waals surface area contributed by atoms with Gasteiger partial charge in [-0.15, -0.1) is 0 Å². The molecule has 0 spiro atoms. The Labute approximate surface area is 250 Å². The van der Waals surface area contributed by atoms with E-state index in [9.17, 15) is 48.9 Å². The van der Waals surface area contributed by atoms with Gasteiger partial charge in [0.15, 0.2) is 0 Å². The Morgan fingerprint density at radius 1 is 0.705 bits per heavy atom. The van der Waals surface area contributed by atoms with Crippen LogP contribution in [-0.4, -0.2) is 147 Å². The number of hydroxylamine groups is 1. The number of aliphatic carboxylic acids is 5. The molecule has 1 atom stereocenters. The van der Waals surface area contributed by atoms with Gasteiger partial charge in [0.1, 0.15) is 6.04 Å². The van der Waals surface area contributed by atoms with E-state index in [0.29, 0.717) is 11.1 Å². The van der Waals surface area contributed by atoms with Crippen molar-refractivity contribution in [2.24, 2.45) is 5.73 Å². The highest BCUT2D eigenvalue weighted by Gasteiger charge is 2.32. The maximum atomic E-state index is 13.3. The molecule has 44 heavy (non-hydrogen) atoms. The van der Waals surface area contributed by atoms with Gasteiger partial charge in [-0.2, -0.15) is 0 Å². The van der Waals surface area contributed by atoms with Gasteiger partial charge in [-0.05, 0) is 11.1 Å². The average Bonchev–Trinajstić information content (AvgIpc) is 2.91. The Kier molecular flexibility index (Phi) is 16.5. The third kappa shape index (κ3) is 16.1. The fourth-order valence-electron chi connectivity index (χ4n) is 3.84. The van der Waals surface area contributed by atoms with Gasteiger partial charge in [0, 0.05) is 26.2 Å². The Balaban J connectivity index is 3.12. The molecule has 0 unspecified atom stereocenters. The summed E-state index contributed by atoms with van der Waals surface area (Å²) in [6.07, 6.45) is 0. The molecule has 19 nitrogen and oxygen atoms in total. The van der Waals surface area contributed by atoms with Crippen LogP contribution in [-0.2, 0) is 51.6 Å². The zero-order valence-electron chi connectivity index (χ0n) is 23.6. The molecule has 0 aromatic heterocycles. The molecule has 0 radical (unpaired) electrons. The first-order valence-electron chi connectivity index (χ1n) is 12.9. The lowest BCUT2D eigenvalue weighted by Gasteiger charge is -2.33. The maximum Gasteiger partial charge on any atom is 0.317 e. The molecule has 9 N–H and O–H groups in total. The summed E-state index contributed by atoms with van der Waals surface area (Å²) in [7, 11) is 0. The van der Waals surface area contributed by atoms with Crippen molar-refractivity contribution in [1.29, 1.82) is 0 Å². The number of benzene rings is 1. The van der Waals surface area contributed by atoms with Gasteiger partial charge < -0.3 is 36.6 Å². The number of carbonyl (C=O) groups excluding carboxylic acids is 2. The van der Waals surface area contributed by atoms with Crippen LogP contribution in [0, 0.1) is 0 Å². The summed E-state index contributed by atoms with van der Waals surface area (Å²) in [5, 5.41) is 48.8. The summed E-state index contributed by atoms with van der Waals surface area (Å²) in [5.41, 5.74) is 8.54. The van der Waals surface area contributed by atoms with E-state index < -0.39 is 87.0 Å². The van der Waals surface area contributed by atoms with Crippen molar-refractivity contribution in [1.82, 2.24) is 25.5 Å². The third-order valence-electron chi connectivity index (χ3n) is 5.76. The molecular weight excluding hydrogens is 592 g/mol. The van der Waals surface area contributed by atoms with E-state index in [4.69, 9.17) is 20.8 Å². The van der Waals surface area contributed by atoms with E-state index >= 15 is 0 Å². The number of amides is 2. The Hall–Kier alpha value is -4.69. The number of hydrogen-bond donors (Lipinski definition) is 8. The normalized spacial score (nSPS) is 11.7. The monoisotopic (exact) mass is 628 g/mol. The number of nitrogens with one attached hydrogen (secondary N) is 2. The minimum absolute atomic E-state index is 0.0234. The van der Waals surface area contributed by atoms with E-state index in [-0.39, 0.29) is 32.8 Å². The molecule has 1 aromatic rings. The predicted molar refractivity (Wildman–Crippen MR) is 147 cm³/mol. The molecule has 0 saturated heterocycles. The van der Waals surface area contributed by atoms with E-state index in [1.165, 1.54) is 0 Å². The molecule has 2 amide bonds. The van der Waals surface area contributed by atoms with Crippen LogP contribution in [0.2, 0.25) is 0 Å². The third-order valence-corrected chi connectivity index (χ3v) is 5.76. The van der Waals surface area contributed by atoms with Crippen LogP contribution in [0.15, 0.2) is 24.3 Å². The number of nitrogens with zero attached hydrogens (tertiary/aromatic N) is 3. The number of nitrogens with two attached hydrogens (primary N) is 1. The summed E-state index contributed by atoms with van der Waals surface area (Å²) in [5.74, 6) is -8.28. The summed E-state index contributed by atoms with van der Waals surface area (Å²) in [6, 6.07) is 5.04. The molecule has 0 aliphatic carbocycles. The van der Waals surface area contributed by atoms with Crippen molar-refractivity contribution in [3.05, 3.63) is 35.4 Å². The second-order valence-corrected chi connectivity index (χ2v) is 9.39. The van der Waals surface area contributed by atoms with Crippen molar-refractivity contribution in [3.8, 4) is 0 Å². The molecule has 0 fully saturated rings. The fraction of sp³-hybridized carbons (Fsp3) is 0.480. The minimum atomic E-state index is -1.49. The average molecular weight is 629 g/mol. The number of rotatable bonds is 23. The number of hydrogen-bond acceptors (Lipinski definition) is 12. The van der Waals surface area contributed by atoms with Crippen molar-refractivity contribution in [2.45, 2.75) is 19.2 Å². The Bertz CT molecular complexity index is 1130. The molecule has 1 rings (SSSR count). The van der Waals surface area contributed by atoms with E-state index in [1.54, 1.807) is 24.3 Å². The summed E-state index contributed by atoms with van der Waals surface area (Å²) >= 11 is 0. The van der Waals surface area contributed by atoms with Crippen LogP contribution in [0.5, 0.6) is 0 Å². The summed E-state index contributed by atoms with van der Waals surface area (Å²) < 4.78 is 0. The molecule has 19 heteroatoms. The second-order valence-electron chi connectivity index (χ2n) is 9.39. The molecule has 0 bridgehead atoms. The van der Waals surface area contributed by atoms with Crippen LogP contribution in [0.1, 0.15) is 11.1 Å². The number of carboxylic acids is 5. The van der Waals surface area contributed by atoms with E-state index in [2.05, 4.69) is 10.8 Å². The van der Waals surface area contributed by atoms with Gasteiger partial charge in [-0.1, -0.05) is 24.3 Å². The lowest BCUT2D eigenvalue weighted by Crippen LogP contribution is -2.56. The first-order chi connectivity index (χ1) is 20.7. The first-order valence-corrected chi connectivity index (χ1v) is 12.9. The Morgan fingerprint density at radius 2 is 1.16 bits per heavy atom. The van der Waals surface area contributed by atoms with Crippen LogP contribution in [0.3, 0.4) is 0 Å². The van der Waals surface area contributed by atoms with Crippen molar-refractivity contribution in [3.63, 3.8) is 0 Å². The minimum Gasteiger partial charge on any atom is -0.480 e. The van der Waals surface area contributed by atoms with E-state index in [0.717, 1.165) is 14.7 Å². The van der Waals surface area contributed by atoms with Gasteiger partial charge in [-0.3, -0.25) is 53.1 Å². The van der Waals surface area contributed by atoms with Gasteiger partial charge in [0.25, 0.3) is 5.91 Å². The summed E-state index contributed by atoms with van der Waals surface area (Å²) in [4.78, 5) is 89.3. The van der Waals surface area contributed by atoms with Gasteiger partial charge in [0.05, 0.1) is 45.9 Å². The Morgan fingerprint density at radius 3 is 1.64 bits per heavy atom. The standard InChI is InChI=1S/C25H36N6O13/c26-7-19(32)28-44-15-17-3-1-16(2-4-17)8-27-25(43)18(31(13-23(39)40)14-24(41)42)9-29(10-20(33)34)5-6-30(11-21(35)36)12-22(37)38/h1-4,18H,5-15,26H2,(H,27,43)(H,28,32)(H,33,34)(H,35,36)(H,37,38)(H,39,40)(H,41,42)/t18-/m1/s1. The highest BCUT2D eigenvalue weighted by Crippen LogP contribution is 2.09. The van der Waals surface area contributed by atoms with Crippen LogP contribution >= 0.6 is 0 Å². The zero-order valence-corrected chi connectivity index (χ0v) is 23.6. The molecule has 0 aliphatic heterocycles. The van der Waals surface area contributed by atoms with Crippen LogP contribution in [0.25, 0.3) is 0 Å². The zero-order chi connectivity index (χ0) is 33.2. The van der Waals surface area contributed by atoms with Crippen molar-refractivity contribution in [2.75, 3.05) is 58.9 Å². The highest BCUT2D eigenvalue weighted by atomic mass is 16.6. The fourth-order valence-corrected chi connectivity index (χ4v) is 3.84. The largest absolute Gasteiger partial charge is 0.480 e. The molecule has 0 aliphatic rings. The predicted octanol–water partition coefficient (Wildman–Crippen LogP) is -3.49.